The van der Waals surface area contributed by atoms with Gasteiger partial charge in [0.1, 0.15) is 5.82 Å². The predicted octanol–water partition coefficient (Wildman–Crippen LogP) is 4.58. The van der Waals surface area contributed by atoms with Gasteiger partial charge >= 0.3 is 0 Å². The van der Waals surface area contributed by atoms with E-state index < -0.39 is 0 Å². The highest BCUT2D eigenvalue weighted by Crippen LogP contribution is 2.34. The number of H-pyrrole nitrogens is 1. The minimum Gasteiger partial charge on any atom is -0.309 e. The molecule has 0 amide bonds. The number of rotatable bonds is 4. The lowest BCUT2D eigenvalue weighted by Gasteiger charge is -2.15. The normalized spacial score (nSPS) is 12.4. The van der Waals surface area contributed by atoms with Crippen molar-refractivity contribution >= 4 is 22.7 Å². The summed E-state index contributed by atoms with van der Waals surface area (Å²) in [5, 5.41) is 1.43. The van der Waals surface area contributed by atoms with E-state index in [1.165, 1.54) is 11.1 Å². The summed E-state index contributed by atoms with van der Waals surface area (Å²) in [6, 6.07) is 13.6. The SMILES string of the molecule is Cc1cccc(-n2ccnc2S[C@H](C)c2nc3ccccc3c(=O)[nH]2)c1C. The Morgan fingerprint density at radius 1 is 1.11 bits per heavy atom. The Kier molecular flexibility index (Phi) is 4.58. The number of aromatic amines is 1. The lowest BCUT2D eigenvalue weighted by Crippen LogP contribution is -2.13. The highest BCUT2D eigenvalue weighted by molar-refractivity contribution is 7.99. The van der Waals surface area contributed by atoms with Gasteiger partial charge in [0.15, 0.2) is 5.16 Å². The molecule has 1 atom stereocenters. The minimum absolute atomic E-state index is 0.0476. The highest BCUT2D eigenvalue weighted by Gasteiger charge is 2.17. The van der Waals surface area contributed by atoms with Gasteiger partial charge in [0.25, 0.3) is 5.56 Å². The fraction of sp³-hybridized carbons (Fsp3) is 0.190. The van der Waals surface area contributed by atoms with Crippen LogP contribution in [0.5, 0.6) is 0 Å². The molecule has 0 bridgehead atoms. The standard InChI is InChI=1S/C21H20N4OS/c1-13-7-6-10-18(14(13)2)25-12-11-22-21(25)27-15(3)19-23-17-9-5-4-8-16(17)20(26)24-19/h4-12,15H,1-3H3,(H,23,24,26)/t15-/m1/s1. The number of thioether (sulfide) groups is 1. The predicted molar refractivity (Wildman–Crippen MR) is 110 cm³/mol. The Balaban J connectivity index is 1.69. The number of aromatic nitrogens is 4. The van der Waals surface area contributed by atoms with Crippen molar-refractivity contribution in [3.8, 4) is 5.69 Å². The number of hydrogen-bond donors (Lipinski definition) is 1. The maximum atomic E-state index is 12.4. The smallest absolute Gasteiger partial charge is 0.258 e. The molecule has 0 aliphatic rings. The van der Waals surface area contributed by atoms with Crippen LogP contribution in [0.1, 0.15) is 29.1 Å². The maximum Gasteiger partial charge on any atom is 0.258 e. The summed E-state index contributed by atoms with van der Waals surface area (Å²) in [4.78, 5) is 24.4. The second-order valence-corrected chi connectivity index (χ2v) is 7.84. The molecule has 2 aromatic heterocycles. The number of fused-ring (bicyclic) bond motifs is 1. The first kappa shape index (κ1) is 17.5. The van der Waals surface area contributed by atoms with Crippen LogP contribution < -0.4 is 5.56 Å². The van der Waals surface area contributed by atoms with E-state index in [1.807, 2.05) is 31.3 Å². The molecular formula is C21H20N4OS. The van der Waals surface area contributed by atoms with Crippen LogP contribution in [0.2, 0.25) is 0 Å². The quantitative estimate of drug-likeness (QED) is 0.530. The molecule has 136 valence electrons. The summed E-state index contributed by atoms with van der Waals surface area (Å²) in [5.41, 5.74) is 4.18. The summed E-state index contributed by atoms with van der Waals surface area (Å²) >= 11 is 1.58. The van der Waals surface area contributed by atoms with Crippen molar-refractivity contribution in [1.82, 2.24) is 19.5 Å². The van der Waals surface area contributed by atoms with Gasteiger partial charge in [-0.05, 0) is 50.1 Å². The maximum absolute atomic E-state index is 12.4. The molecule has 0 saturated carbocycles. The molecule has 4 rings (SSSR count). The van der Waals surface area contributed by atoms with Crippen molar-refractivity contribution < 1.29 is 0 Å². The Morgan fingerprint density at radius 2 is 1.93 bits per heavy atom. The topological polar surface area (TPSA) is 63.6 Å². The molecule has 0 unspecified atom stereocenters. The monoisotopic (exact) mass is 376 g/mol. The Morgan fingerprint density at radius 3 is 2.78 bits per heavy atom. The molecule has 5 nitrogen and oxygen atoms in total. The third-order valence-corrected chi connectivity index (χ3v) is 5.83. The molecule has 0 spiro atoms. The van der Waals surface area contributed by atoms with E-state index >= 15 is 0 Å². The van der Waals surface area contributed by atoms with Crippen molar-refractivity contribution in [2.75, 3.05) is 0 Å². The van der Waals surface area contributed by atoms with E-state index in [9.17, 15) is 4.79 Å². The van der Waals surface area contributed by atoms with Crippen LogP contribution in [0.3, 0.4) is 0 Å². The molecule has 27 heavy (non-hydrogen) atoms. The van der Waals surface area contributed by atoms with E-state index in [1.54, 1.807) is 24.0 Å². The van der Waals surface area contributed by atoms with Gasteiger partial charge in [-0.15, -0.1) is 0 Å². The molecule has 0 radical (unpaired) electrons. The summed E-state index contributed by atoms with van der Waals surface area (Å²) in [7, 11) is 0. The number of imidazole rings is 1. The first-order valence-electron chi connectivity index (χ1n) is 8.80. The van der Waals surface area contributed by atoms with Crippen molar-refractivity contribution in [3.63, 3.8) is 0 Å². The van der Waals surface area contributed by atoms with Gasteiger partial charge in [0, 0.05) is 12.4 Å². The van der Waals surface area contributed by atoms with Crippen LogP contribution in [0.15, 0.2) is 64.8 Å². The van der Waals surface area contributed by atoms with E-state index in [-0.39, 0.29) is 10.8 Å². The molecule has 0 fully saturated rings. The van der Waals surface area contributed by atoms with Crippen LogP contribution in [0.4, 0.5) is 0 Å². The van der Waals surface area contributed by atoms with Gasteiger partial charge in [0.2, 0.25) is 0 Å². The van der Waals surface area contributed by atoms with Gasteiger partial charge in [-0.2, -0.15) is 0 Å². The van der Waals surface area contributed by atoms with E-state index in [0.29, 0.717) is 16.7 Å². The molecule has 0 aliphatic heterocycles. The zero-order valence-corrected chi connectivity index (χ0v) is 16.2. The van der Waals surface area contributed by atoms with E-state index in [4.69, 9.17) is 0 Å². The molecule has 0 aliphatic carbocycles. The van der Waals surface area contributed by atoms with Crippen LogP contribution in [0.25, 0.3) is 16.6 Å². The fourth-order valence-corrected chi connectivity index (χ4v) is 4.00. The molecule has 2 aromatic carbocycles. The molecule has 0 saturated heterocycles. The number of hydrogen-bond acceptors (Lipinski definition) is 4. The Bertz CT molecular complexity index is 1180. The Labute approximate surface area is 161 Å². The summed E-state index contributed by atoms with van der Waals surface area (Å²) in [5.74, 6) is 0.652. The molecular weight excluding hydrogens is 356 g/mol. The number of para-hydroxylation sites is 1. The van der Waals surface area contributed by atoms with Crippen LogP contribution in [-0.4, -0.2) is 19.5 Å². The van der Waals surface area contributed by atoms with Gasteiger partial charge < -0.3 is 4.98 Å². The van der Waals surface area contributed by atoms with Crippen LogP contribution >= 0.6 is 11.8 Å². The van der Waals surface area contributed by atoms with Crippen LogP contribution in [-0.2, 0) is 0 Å². The molecule has 6 heteroatoms. The zero-order chi connectivity index (χ0) is 19.0. The number of nitrogens with one attached hydrogen (secondary N) is 1. The highest BCUT2D eigenvalue weighted by atomic mass is 32.2. The third-order valence-electron chi connectivity index (χ3n) is 4.74. The first-order chi connectivity index (χ1) is 13.0. The summed E-state index contributed by atoms with van der Waals surface area (Å²) in [6.45, 7) is 6.25. The Hall–Kier alpha value is -2.86. The second kappa shape index (κ2) is 7.04. The molecule has 4 aromatic rings. The first-order valence-corrected chi connectivity index (χ1v) is 9.68. The lowest BCUT2D eigenvalue weighted by atomic mass is 10.1. The third kappa shape index (κ3) is 3.28. The molecule has 1 N–H and O–H groups in total. The fourth-order valence-electron chi connectivity index (χ4n) is 3.07. The zero-order valence-electron chi connectivity index (χ0n) is 15.4. The van der Waals surface area contributed by atoms with Crippen molar-refractivity contribution in [2.45, 2.75) is 31.2 Å². The van der Waals surface area contributed by atoms with E-state index in [0.717, 1.165) is 10.8 Å². The summed E-state index contributed by atoms with van der Waals surface area (Å²) in [6.07, 6.45) is 3.76. The van der Waals surface area contributed by atoms with Gasteiger partial charge in [0.05, 0.1) is 21.8 Å². The number of aryl methyl sites for hydroxylation is 1. The van der Waals surface area contributed by atoms with Gasteiger partial charge in [-0.3, -0.25) is 9.36 Å². The van der Waals surface area contributed by atoms with Crippen molar-refractivity contribution in [2.24, 2.45) is 0 Å². The van der Waals surface area contributed by atoms with Crippen molar-refractivity contribution in [3.05, 3.63) is 82.2 Å². The summed E-state index contributed by atoms with van der Waals surface area (Å²) < 4.78 is 2.09. The van der Waals surface area contributed by atoms with Crippen LogP contribution in [0, 0.1) is 13.8 Å². The van der Waals surface area contributed by atoms with E-state index in [2.05, 4.69) is 51.6 Å². The number of benzene rings is 2. The van der Waals surface area contributed by atoms with Gasteiger partial charge in [-0.25, -0.2) is 9.97 Å². The molecule has 2 heterocycles. The number of nitrogens with zero attached hydrogens (tertiary/aromatic N) is 3. The van der Waals surface area contributed by atoms with Crippen molar-refractivity contribution in [1.29, 1.82) is 0 Å². The average Bonchev–Trinajstić information content (AvgIpc) is 3.12. The largest absolute Gasteiger partial charge is 0.309 e. The average molecular weight is 376 g/mol. The second-order valence-electron chi connectivity index (χ2n) is 6.53. The van der Waals surface area contributed by atoms with Gasteiger partial charge in [-0.1, -0.05) is 36.0 Å². The minimum atomic E-state index is -0.110. The lowest BCUT2D eigenvalue weighted by molar-refractivity contribution is 0.864.